The molecule has 12 nitrogen and oxygen atoms in total. The molecule has 12 heterocycles. The van der Waals surface area contributed by atoms with E-state index in [0.29, 0.717) is 72.7 Å². The van der Waals surface area contributed by atoms with Crippen LogP contribution in [0.4, 0.5) is 0 Å². The van der Waals surface area contributed by atoms with Crippen LogP contribution >= 0.6 is 0 Å². The largest absolute Gasteiger partial charge is 0.459 e. The summed E-state index contributed by atoms with van der Waals surface area (Å²) in [6.45, 7) is 8.42. The number of esters is 2. The van der Waals surface area contributed by atoms with E-state index in [0.717, 1.165) is 68.1 Å². The summed E-state index contributed by atoms with van der Waals surface area (Å²) in [6, 6.07) is 26.5. The van der Waals surface area contributed by atoms with E-state index in [1.165, 1.54) is 5.56 Å². The van der Waals surface area contributed by atoms with Crippen molar-refractivity contribution in [3.63, 3.8) is 0 Å². The summed E-state index contributed by atoms with van der Waals surface area (Å²) in [5, 5.41) is 8.71. The standard InChI is InChI=1S/C56H64N6O6/c1-35-13-20-50(63)60-58-30-36-14-16-37(17-15-36)33-62-34-42-10-5-4-9-39(42)27-48(62)52(64)61-59-31-38-8-6-11-40(26-38)53(65)67-44-21-23-55(2)43(28-44)29-49(68-54(66)41-12-7-25-57-32-41)51-46-19-18-45(35)56(46,3)24-22-47(51)55/h4-12,14-17,25-26,30-32,35,43-49,51H,13,18-24,27-29,33-34H2,1-3H3,(H,60,63)(H,61,64)/b58-30+,59-31+/t35-,43+,44-,45-,46+,47+,48+,49-,51+,55+,56-/m1/s1. The molecule has 3 aromatic carbocycles. The molecule has 1 aromatic heterocycles. The maximum Gasteiger partial charge on any atom is 0.339 e. The molecule has 4 saturated carbocycles. The molecule has 2 N–H and O–H groups in total. The first-order valence-corrected chi connectivity index (χ1v) is 24.9. The molecule has 2 amide bonds. The normalized spacial score (nSPS) is 34.0. The van der Waals surface area contributed by atoms with Crippen LogP contribution in [0.2, 0.25) is 0 Å². The number of hydrogen-bond donors (Lipinski definition) is 2. The predicted molar refractivity (Wildman–Crippen MR) is 259 cm³/mol. The van der Waals surface area contributed by atoms with Gasteiger partial charge in [0.2, 0.25) is 5.91 Å². The third-order valence-electron chi connectivity index (χ3n) is 17.6. The Morgan fingerprint density at radius 3 is 2.35 bits per heavy atom. The lowest BCUT2D eigenvalue weighted by molar-refractivity contribution is -0.175. The molecule has 12 bridgehead atoms. The molecule has 354 valence electrons. The fourth-order valence-electron chi connectivity index (χ4n) is 14.0. The topological polar surface area (TPSA) is 152 Å². The summed E-state index contributed by atoms with van der Waals surface area (Å²) in [4.78, 5) is 61.3. The van der Waals surface area contributed by atoms with Crippen molar-refractivity contribution in [3.8, 4) is 0 Å². The van der Waals surface area contributed by atoms with Gasteiger partial charge in [0, 0.05) is 37.8 Å². The minimum Gasteiger partial charge on any atom is -0.459 e. The van der Waals surface area contributed by atoms with E-state index in [1.54, 1.807) is 49.1 Å². The number of nitrogens with one attached hydrogen (secondary N) is 2. The highest BCUT2D eigenvalue weighted by molar-refractivity contribution is 5.93. The summed E-state index contributed by atoms with van der Waals surface area (Å²) >= 11 is 0. The number of ether oxygens (including phenoxy) is 2. The van der Waals surface area contributed by atoms with Crippen molar-refractivity contribution in [2.75, 3.05) is 0 Å². The van der Waals surface area contributed by atoms with Crippen molar-refractivity contribution in [2.24, 2.45) is 56.5 Å². The molecule has 12 heteroatoms. The molecule has 19 rings (SSSR count). The molecule has 68 heavy (non-hydrogen) atoms. The predicted octanol–water partition coefficient (Wildman–Crippen LogP) is 9.06. The third-order valence-corrected chi connectivity index (χ3v) is 17.6. The third kappa shape index (κ3) is 9.16. The number of nitrogens with zero attached hydrogens (tertiary/aromatic N) is 4. The van der Waals surface area contributed by atoms with E-state index < -0.39 is 6.04 Å². The number of carbonyl (C=O) groups is 4. The molecule has 0 radical (unpaired) electrons. The summed E-state index contributed by atoms with van der Waals surface area (Å²) in [6.07, 6.45) is 15.1. The van der Waals surface area contributed by atoms with Gasteiger partial charge in [0.25, 0.3) is 5.91 Å². The number of rotatable bonds is 2. The average Bonchev–Trinajstić information content (AvgIpc) is 3.71. The second kappa shape index (κ2) is 19.2. The van der Waals surface area contributed by atoms with Crippen LogP contribution < -0.4 is 10.9 Å². The van der Waals surface area contributed by atoms with Gasteiger partial charge in [0.15, 0.2) is 0 Å². The summed E-state index contributed by atoms with van der Waals surface area (Å²) in [5.74, 6) is 0.903. The molecule has 0 unspecified atom stereocenters. The van der Waals surface area contributed by atoms with Crippen LogP contribution in [0.5, 0.6) is 0 Å². The zero-order valence-electron chi connectivity index (χ0n) is 39.5. The Balaban J connectivity index is 0.925. The molecule has 4 aromatic rings. The van der Waals surface area contributed by atoms with E-state index in [9.17, 15) is 19.2 Å². The van der Waals surface area contributed by atoms with Crippen molar-refractivity contribution in [1.82, 2.24) is 20.7 Å². The quantitative estimate of drug-likeness (QED) is 0.189. The zero-order valence-corrected chi connectivity index (χ0v) is 39.5. The smallest absolute Gasteiger partial charge is 0.339 e. The monoisotopic (exact) mass is 916 g/mol. The van der Waals surface area contributed by atoms with Crippen LogP contribution in [0.25, 0.3) is 0 Å². The zero-order chi connectivity index (χ0) is 47.0. The van der Waals surface area contributed by atoms with Crippen molar-refractivity contribution < 1.29 is 28.7 Å². The van der Waals surface area contributed by atoms with Crippen molar-refractivity contribution in [1.29, 1.82) is 0 Å². The Kier molecular flexibility index (Phi) is 12.9. The first-order chi connectivity index (χ1) is 32.9. The number of hydrazone groups is 2. The molecule has 15 aliphatic rings. The molecular weight excluding hydrogens is 853 g/mol. The fraction of sp³-hybridized carbons (Fsp3) is 0.482. The molecule has 4 aliphatic carbocycles. The first kappa shape index (κ1) is 45.8. The van der Waals surface area contributed by atoms with Gasteiger partial charge >= 0.3 is 11.9 Å². The van der Waals surface area contributed by atoms with Gasteiger partial charge in [-0.05, 0) is 157 Å². The highest BCUT2D eigenvalue weighted by Gasteiger charge is 2.64. The fourth-order valence-corrected chi connectivity index (χ4v) is 14.0. The van der Waals surface area contributed by atoms with Crippen LogP contribution in [0.15, 0.2) is 108 Å². The number of hydrogen-bond acceptors (Lipinski definition) is 10. The Morgan fingerprint density at radius 2 is 1.53 bits per heavy atom. The van der Waals surface area contributed by atoms with E-state index in [-0.39, 0.29) is 58.6 Å². The number of fused-ring (bicyclic) bond motifs is 1. The number of benzene rings is 3. The number of carbonyl (C=O) groups excluding carboxylic acids is 4. The summed E-state index contributed by atoms with van der Waals surface area (Å²) in [7, 11) is 0. The van der Waals surface area contributed by atoms with Gasteiger partial charge in [-0.15, -0.1) is 0 Å². The van der Waals surface area contributed by atoms with E-state index in [4.69, 9.17) is 9.47 Å². The minimum absolute atomic E-state index is 0.00787. The van der Waals surface area contributed by atoms with Crippen molar-refractivity contribution in [2.45, 2.75) is 123 Å². The van der Waals surface area contributed by atoms with Crippen LogP contribution in [0.1, 0.15) is 134 Å². The van der Waals surface area contributed by atoms with Gasteiger partial charge in [0.1, 0.15) is 12.2 Å². The van der Waals surface area contributed by atoms with E-state index in [2.05, 4.69) is 63.8 Å². The Labute approximate surface area is 399 Å². The minimum atomic E-state index is -0.458. The second-order valence-electron chi connectivity index (χ2n) is 21.2. The highest BCUT2D eigenvalue weighted by Crippen LogP contribution is 2.69. The lowest BCUT2D eigenvalue weighted by Crippen LogP contribution is -2.59. The van der Waals surface area contributed by atoms with Gasteiger partial charge in [-0.1, -0.05) is 81.4 Å². The molecule has 4 fully saturated rings. The summed E-state index contributed by atoms with van der Waals surface area (Å²) < 4.78 is 13.0. The highest BCUT2D eigenvalue weighted by atomic mass is 16.5. The van der Waals surface area contributed by atoms with Gasteiger partial charge in [0.05, 0.1) is 29.6 Å². The lowest BCUT2D eigenvalue weighted by Gasteiger charge is -2.62. The van der Waals surface area contributed by atoms with Gasteiger partial charge in [-0.3, -0.25) is 19.5 Å². The summed E-state index contributed by atoms with van der Waals surface area (Å²) in [5.41, 5.74) is 11.4. The van der Waals surface area contributed by atoms with Crippen LogP contribution in [0.3, 0.4) is 0 Å². The second-order valence-corrected chi connectivity index (χ2v) is 21.2. The van der Waals surface area contributed by atoms with Gasteiger partial charge in [-0.25, -0.2) is 20.4 Å². The Bertz CT molecular complexity index is 2580. The molecule has 11 aliphatic heterocycles. The van der Waals surface area contributed by atoms with Crippen LogP contribution in [-0.4, -0.2) is 64.3 Å². The number of aromatic nitrogens is 1. The SMILES string of the molecule is C[C@@H]1CCC(=O)N/N=C/c2ccc(cc2)CN2Cc3ccccc3C[C@H]2C(=O)N/N=C/c2cccc(c2)C(=O)O[C@@H]2CC[C@@]3(C)[C@@H](C2)C[C@@H](OC(=O)c2cccnc2)[C@@H]2[C@@H]3CC[C@]3(C)[C@@H]1CC[C@@H]23. The maximum absolute atomic E-state index is 13.9. The first-order valence-electron chi connectivity index (χ1n) is 24.9. The number of pyridine rings is 1. The van der Waals surface area contributed by atoms with Crippen LogP contribution in [0, 0.1) is 46.3 Å². The lowest BCUT2D eigenvalue weighted by atomic mass is 9.43. The Morgan fingerprint density at radius 1 is 0.765 bits per heavy atom. The van der Waals surface area contributed by atoms with E-state index >= 15 is 0 Å². The number of amides is 2. The molecule has 0 spiro atoms. The van der Waals surface area contributed by atoms with Crippen molar-refractivity contribution >= 4 is 36.2 Å². The molecule has 11 atom stereocenters. The average molecular weight is 917 g/mol. The van der Waals surface area contributed by atoms with Crippen molar-refractivity contribution in [3.05, 3.63) is 136 Å². The van der Waals surface area contributed by atoms with Crippen LogP contribution in [-0.2, 0) is 38.6 Å². The molecular formula is C56H64N6O6. The van der Waals surface area contributed by atoms with Gasteiger partial charge < -0.3 is 9.47 Å². The Hall–Kier alpha value is -6.01. The maximum atomic E-state index is 13.9. The van der Waals surface area contributed by atoms with E-state index in [1.807, 2.05) is 48.5 Å². The van der Waals surface area contributed by atoms with Gasteiger partial charge in [-0.2, -0.15) is 10.2 Å². The molecule has 0 saturated heterocycles.